The summed E-state index contributed by atoms with van der Waals surface area (Å²) < 4.78 is 40.6. The number of hydrogen-bond donors (Lipinski definition) is 0. The number of nitrogens with zero attached hydrogens (tertiary/aromatic N) is 6. The van der Waals surface area contributed by atoms with Crippen molar-refractivity contribution in [2.75, 3.05) is 31.1 Å². The van der Waals surface area contributed by atoms with Crippen molar-refractivity contribution in [3.05, 3.63) is 47.9 Å². The molecule has 5 heterocycles. The quantitative estimate of drug-likeness (QED) is 0.404. The Morgan fingerprint density at radius 2 is 2.03 bits per heavy atom. The topological polar surface area (TPSA) is 50.1 Å². The minimum atomic E-state index is -4.23. The molecule has 0 amide bonds. The van der Waals surface area contributed by atoms with E-state index in [9.17, 15) is 13.2 Å². The Bertz CT molecular complexity index is 1230. The molecule has 10 heteroatoms. The number of hydrogen-bond acceptors (Lipinski definition) is 6. The van der Waals surface area contributed by atoms with E-state index >= 15 is 0 Å². The predicted molar refractivity (Wildman–Crippen MR) is 133 cm³/mol. The van der Waals surface area contributed by atoms with E-state index in [1.807, 2.05) is 17.9 Å². The summed E-state index contributed by atoms with van der Waals surface area (Å²) in [6.45, 7) is 12.2. The number of fused-ring (bicyclic) bond motifs is 1. The Morgan fingerprint density at radius 3 is 2.66 bits per heavy atom. The summed E-state index contributed by atoms with van der Waals surface area (Å²) in [5, 5.41) is 5.14. The molecule has 0 unspecified atom stereocenters. The van der Waals surface area contributed by atoms with Crippen LogP contribution in [0.3, 0.4) is 0 Å². The van der Waals surface area contributed by atoms with Crippen molar-refractivity contribution >= 4 is 27.4 Å². The van der Waals surface area contributed by atoms with E-state index in [0.29, 0.717) is 4.83 Å². The Labute approximate surface area is 207 Å². The number of alkyl halides is 3. The first-order valence-electron chi connectivity index (χ1n) is 12.0. The molecule has 0 aliphatic carbocycles. The molecule has 2 atom stereocenters. The molecule has 0 radical (unpaired) electrons. The molecular weight excluding hydrogens is 473 g/mol. The van der Waals surface area contributed by atoms with Gasteiger partial charge in [-0.15, -0.1) is 17.9 Å². The van der Waals surface area contributed by atoms with E-state index in [4.69, 9.17) is 0 Å². The van der Waals surface area contributed by atoms with Crippen LogP contribution < -0.4 is 4.90 Å². The second-order valence-electron chi connectivity index (χ2n) is 10.4. The van der Waals surface area contributed by atoms with Gasteiger partial charge in [0.05, 0.1) is 18.0 Å². The van der Waals surface area contributed by atoms with E-state index in [2.05, 4.69) is 57.6 Å². The van der Waals surface area contributed by atoms with Gasteiger partial charge in [-0.2, -0.15) is 18.3 Å². The monoisotopic (exact) mass is 504 g/mol. The molecule has 188 valence electrons. The third-order valence-electron chi connectivity index (χ3n) is 7.81. The van der Waals surface area contributed by atoms with Gasteiger partial charge in [0.15, 0.2) is 0 Å². The average molecular weight is 505 g/mol. The summed E-state index contributed by atoms with van der Waals surface area (Å²) in [5.41, 5.74) is 1.28. The van der Waals surface area contributed by atoms with Crippen molar-refractivity contribution in [1.82, 2.24) is 24.6 Å². The maximum Gasteiger partial charge on any atom is 0.393 e. The molecule has 3 aromatic rings. The van der Waals surface area contributed by atoms with Gasteiger partial charge in [0.1, 0.15) is 17.0 Å². The fraction of sp³-hybridized carbons (Fsp3) is 0.560. The van der Waals surface area contributed by atoms with Crippen LogP contribution in [-0.4, -0.2) is 57.0 Å². The molecule has 1 spiro atoms. The summed E-state index contributed by atoms with van der Waals surface area (Å²) in [6, 6.07) is 1.82. The number of aryl methyl sites for hydroxylation is 1. The van der Waals surface area contributed by atoms with Crippen molar-refractivity contribution in [3.8, 4) is 0 Å². The summed E-state index contributed by atoms with van der Waals surface area (Å²) in [4.78, 5) is 14.4. The van der Waals surface area contributed by atoms with Crippen LogP contribution in [-0.2, 0) is 13.5 Å². The first kappa shape index (κ1) is 24.2. The number of thiophene rings is 1. The minimum absolute atomic E-state index is 0.0761. The molecule has 0 aromatic carbocycles. The molecule has 2 saturated heterocycles. The number of rotatable bonds is 7. The van der Waals surface area contributed by atoms with Crippen molar-refractivity contribution in [2.45, 2.75) is 45.3 Å². The fourth-order valence-corrected chi connectivity index (χ4v) is 6.86. The van der Waals surface area contributed by atoms with E-state index in [1.54, 1.807) is 6.07 Å². The highest BCUT2D eigenvalue weighted by molar-refractivity contribution is 7.18. The highest BCUT2D eigenvalue weighted by Gasteiger charge is 2.52. The van der Waals surface area contributed by atoms with E-state index in [1.165, 1.54) is 11.9 Å². The van der Waals surface area contributed by atoms with Crippen LogP contribution in [0.4, 0.5) is 19.0 Å². The van der Waals surface area contributed by atoms with Crippen molar-refractivity contribution in [2.24, 2.45) is 17.9 Å². The molecule has 6 nitrogen and oxygen atoms in total. The zero-order valence-corrected chi connectivity index (χ0v) is 21.2. The third kappa shape index (κ3) is 4.46. The Kier molecular flexibility index (Phi) is 5.95. The molecule has 0 saturated carbocycles. The lowest BCUT2D eigenvalue weighted by Crippen LogP contribution is -2.60. The van der Waals surface area contributed by atoms with Crippen molar-refractivity contribution < 1.29 is 13.2 Å². The van der Waals surface area contributed by atoms with Gasteiger partial charge < -0.3 is 4.90 Å². The molecule has 2 aliphatic rings. The first-order valence-corrected chi connectivity index (χ1v) is 12.8. The van der Waals surface area contributed by atoms with Gasteiger partial charge in [0.25, 0.3) is 0 Å². The maximum atomic E-state index is 12.9. The van der Waals surface area contributed by atoms with Crippen LogP contribution in [0.25, 0.3) is 10.2 Å². The summed E-state index contributed by atoms with van der Waals surface area (Å²) in [7, 11) is 1.94. The van der Waals surface area contributed by atoms with Crippen LogP contribution >= 0.6 is 11.3 Å². The lowest BCUT2D eigenvalue weighted by molar-refractivity contribution is -0.126. The Balaban J connectivity index is 1.35. The third-order valence-corrected chi connectivity index (χ3v) is 8.85. The van der Waals surface area contributed by atoms with Crippen LogP contribution in [0.5, 0.6) is 0 Å². The number of anilines is 1. The zero-order valence-electron chi connectivity index (χ0n) is 20.3. The fourth-order valence-electron chi connectivity index (χ4n) is 5.84. The largest absolute Gasteiger partial charge is 0.393 e. The summed E-state index contributed by atoms with van der Waals surface area (Å²) in [6.07, 6.45) is 4.45. The number of aromatic nitrogens is 4. The Morgan fingerprint density at radius 1 is 1.26 bits per heavy atom. The van der Waals surface area contributed by atoms with Crippen LogP contribution in [0.1, 0.15) is 43.2 Å². The highest BCUT2D eigenvalue weighted by atomic mass is 32.1. The van der Waals surface area contributed by atoms with Crippen molar-refractivity contribution in [1.29, 1.82) is 0 Å². The molecule has 0 bridgehead atoms. The molecule has 3 aromatic heterocycles. The van der Waals surface area contributed by atoms with E-state index < -0.39 is 12.6 Å². The molecular formula is C25H31F3N6S. The van der Waals surface area contributed by atoms with Gasteiger partial charge >= 0.3 is 6.18 Å². The van der Waals surface area contributed by atoms with Crippen molar-refractivity contribution in [3.63, 3.8) is 0 Å². The smallest absolute Gasteiger partial charge is 0.355 e. The molecule has 35 heavy (non-hydrogen) atoms. The van der Waals surface area contributed by atoms with Gasteiger partial charge in [-0.1, -0.05) is 19.9 Å². The Hall–Kier alpha value is -2.46. The SMILES string of the molecule is C=C[C@](C)(CC)[C@@H](c1cnn(C)c1)N1CC2(CCN(c3ncnc4sc(CC(F)(F)F)cc34)C2)C1. The summed E-state index contributed by atoms with van der Waals surface area (Å²) >= 11 is 1.11. The highest BCUT2D eigenvalue weighted by Crippen LogP contribution is 2.51. The zero-order chi connectivity index (χ0) is 25.0. The maximum absolute atomic E-state index is 12.9. The standard InChI is InChI=1S/C25H31F3N6S/c1-5-23(3,6-2)20(17-11-31-32(4)12-17)34-14-24(15-34)7-8-33(13-24)21-19-9-18(10-25(26,27)28)35-22(19)30-16-29-21/h5,9,11-12,16,20H,1,6-8,10,13-15H2,2-4H3/t20-,23-/m1/s1. The lowest BCUT2D eigenvalue weighted by Gasteiger charge is -2.55. The lowest BCUT2D eigenvalue weighted by atomic mass is 9.71. The normalized spacial score (nSPS) is 20.8. The average Bonchev–Trinajstić information content (AvgIpc) is 3.50. The first-order chi connectivity index (χ1) is 16.5. The van der Waals surface area contributed by atoms with Crippen LogP contribution in [0.15, 0.2) is 37.4 Å². The second kappa shape index (κ2) is 8.58. The van der Waals surface area contributed by atoms with Gasteiger partial charge in [0, 0.05) is 66.7 Å². The van der Waals surface area contributed by atoms with E-state index in [0.717, 1.165) is 61.6 Å². The molecule has 2 aliphatic heterocycles. The van der Waals surface area contributed by atoms with E-state index in [-0.39, 0.29) is 21.7 Å². The van der Waals surface area contributed by atoms with Crippen LogP contribution in [0.2, 0.25) is 0 Å². The minimum Gasteiger partial charge on any atom is -0.355 e. The number of likely N-dealkylation sites (tertiary alicyclic amines) is 1. The molecule has 0 N–H and O–H groups in total. The van der Waals surface area contributed by atoms with Crippen LogP contribution in [0, 0.1) is 10.8 Å². The predicted octanol–water partition coefficient (Wildman–Crippen LogP) is 5.39. The molecule has 5 rings (SSSR count). The molecule has 2 fully saturated rings. The van der Waals surface area contributed by atoms with Gasteiger partial charge in [-0.25, -0.2) is 9.97 Å². The van der Waals surface area contributed by atoms with Gasteiger partial charge in [-0.3, -0.25) is 9.58 Å². The van der Waals surface area contributed by atoms with Gasteiger partial charge in [-0.05, 0) is 18.9 Å². The second-order valence-corrected chi connectivity index (χ2v) is 11.5. The van der Waals surface area contributed by atoms with Gasteiger partial charge in [0.2, 0.25) is 0 Å². The number of halogens is 3. The summed E-state index contributed by atoms with van der Waals surface area (Å²) in [5.74, 6) is 0.753.